The van der Waals surface area contributed by atoms with E-state index in [1.165, 1.54) is 12.1 Å². The number of urea groups is 1. The van der Waals surface area contributed by atoms with E-state index in [1.807, 2.05) is 4.90 Å². The Morgan fingerprint density at radius 1 is 1.23 bits per heavy atom. The number of fused-ring (bicyclic) bond motifs is 4. The summed E-state index contributed by atoms with van der Waals surface area (Å²) in [4.78, 5) is 49.9. The van der Waals surface area contributed by atoms with Crippen molar-refractivity contribution in [2.24, 2.45) is 11.3 Å². The van der Waals surface area contributed by atoms with Crippen LogP contribution in [0.2, 0.25) is 0 Å². The second kappa shape index (κ2) is 5.52. The number of amides is 4. The number of carbonyl (C=O) groups is 3. The maximum Gasteiger partial charge on any atom is 0.328 e. The largest absolute Gasteiger partial charge is 0.367 e. The average Bonchev–Trinajstić information content (AvgIpc) is 2.58. The molecule has 2 fully saturated rings. The number of nitro benzene ring substituents is 1. The fraction of sp³-hybridized carbons (Fsp3) is 0.471. The predicted octanol–water partition coefficient (Wildman–Crippen LogP) is 1.11. The Labute approximate surface area is 148 Å². The number of nitrogens with one attached hydrogen (secondary N) is 2. The quantitative estimate of drug-likeness (QED) is 0.440. The van der Waals surface area contributed by atoms with Gasteiger partial charge in [-0.2, -0.15) is 0 Å². The Hall–Kier alpha value is -2.97. The molecular weight excluding hydrogens is 340 g/mol. The zero-order chi connectivity index (χ0) is 18.6. The van der Waals surface area contributed by atoms with Gasteiger partial charge in [-0.3, -0.25) is 30.3 Å². The average molecular weight is 358 g/mol. The van der Waals surface area contributed by atoms with Gasteiger partial charge in [0.05, 0.1) is 11.0 Å². The van der Waals surface area contributed by atoms with Crippen LogP contribution in [0.25, 0.3) is 0 Å². The normalized spacial score (nSPS) is 26.7. The molecule has 2 N–H and O–H groups in total. The molecule has 136 valence electrons. The van der Waals surface area contributed by atoms with Gasteiger partial charge in [-0.15, -0.1) is 0 Å². The molecule has 26 heavy (non-hydrogen) atoms. The zero-order valence-electron chi connectivity index (χ0n) is 14.2. The van der Waals surface area contributed by atoms with E-state index in [2.05, 4.69) is 17.6 Å². The molecule has 3 heterocycles. The first-order chi connectivity index (χ1) is 12.3. The molecule has 3 aliphatic heterocycles. The van der Waals surface area contributed by atoms with Gasteiger partial charge < -0.3 is 4.90 Å². The summed E-state index contributed by atoms with van der Waals surface area (Å²) >= 11 is 0. The number of barbiturate groups is 1. The maximum atomic E-state index is 12.8. The Bertz CT molecular complexity index is 832. The highest BCUT2D eigenvalue weighted by Gasteiger charge is 2.60. The van der Waals surface area contributed by atoms with Crippen LogP contribution in [0, 0.1) is 21.4 Å². The van der Waals surface area contributed by atoms with E-state index >= 15 is 0 Å². The Kier molecular flexibility index (Phi) is 3.50. The van der Waals surface area contributed by atoms with Crippen molar-refractivity contribution < 1.29 is 19.3 Å². The molecule has 2 atom stereocenters. The van der Waals surface area contributed by atoms with Gasteiger partial charge in [-0.05, 0) is 30.4 Å². The highest BCUT2D eigenvalue weighted by atomic mass is 16.6. The molecule has 9 nitrogen and oxygen atoms in total. The topological polar surface area (TPSA) is 122 Å². The molecule has 0 radical (unpaired) electrons. The summed E-state index contributed by atoms with van der Waals surface area (Å²) in [5, 5.41) is 15.6. The summed E-state index contributed by atoms with van der Waals surface area (Å²) in [5.41, 5.74) is -0.166. The van der Waals surface area contributed by atoms with Gasteiger partial charge in [-0.1, -0.05) is 6.92 Å². The van der Waals surface area contributed by atoms with E-state index in [0.717, 1.165) is 12.1 Å². The van der Waals surface area contributed by atoms with Gasteiger partial charge in [0.25, 0.3) is 5.69 Å². The molecule has 2 saturated heterocycles. The van der Waals surface area contributed by atoms with Crippen LogP contribution in [0.5, 0.6) is 0 Å². The van der Waals surface area contributed by atoms with Gasteiger partial charge in [0.2, 0.25) is 11.8 Å². The van der Waals surface area contributed by atoms with Gasteiger partial charge in [-0.25, -0.2) is 4.79 Å². The number of rotatable bonds is 1. The number of nitro groups is 1. The second-order valence-corrected chi connectivity index (χ2v) is 7.29. The molecule has 0 unspecified atom stereocenters. The van der Waals surface area contributed by atoms with Crippen molar-refractivity contribution in [3.63, 3.8) is 0 Å². The lowest BCUT2D eigenvalue weighted by atomic mass is 9.65. The number of hydrogen-bond acceptors (Lipinski definition) is 6. The molecular formula is C17H18N4O5. The van der Waals surface area contributed by atoms with Crippen LogP contribution in [-0.4, -0.2) is 35.4 Å². The lowest BCUT2D eigenvalue weighted by Gasteiger charge is -2.53. The highest BCUT2D eigenvalue weighted by molar-refractivity contribution is 6.20. The highest BCUT2D eigenvalue weighted by Crippen LogP contribution is 2.48. The zero-order valence-corrected chi connectivity index (χ0v) is 14.2. The number of imide groups is 2. The van der Waals surface area contributed by atoms with Crippen LogP contribution in [0.4, 0.5) is 16.2 Å². The molecule has 0 aliphatic carbocycles. The van der Waals surface area contributed by atoms with E-state index in [-0.39, 0.29) is 12.1 Å². The van der Waals surface area contributed by atoms with E-state index in [9.17, 15) is 24.5 Å². The molecule has 0 bridgehead atoms. The van der Waals surface area contributed by atoms with Crippen molar-refractivity contribution in [3.05, 3.63) is 33.9 Å². The van der Waals surface area contributed by atoms with Crippen LogP contribution >= 0.6 is 0 Å². The molecule has 1 aromatic carbocycles. The van der Waals surface area contributed by atoms with Crippen molar-refractivity contribution in [1.82, 2.24) is 10.6 Å². The predicted molar refractivity (Wildman–Crippen MR) is 90.4 cm³/mol. The van der Waals surface area contributed by atoms with Gasteiger partial charge in [0.1, 0.15) is 0 Å². The molecule has 1 spiro atoms. The smallest absolute Gasteiger partial charge is 0.328 e. The maximum absolute atomic E-state index is 12.8. The molecule has 9 heteroatoms. The molecule has 4 amide bonds. The van der Waals surface area contributed by atoms with Gasteiger partial charge in [0, 0.05) is 30.8 Å². The van der Waals surface area contributed by atoms with Crippen LogP contribution in [-0.2, 0) is 16.0 Å². The summed E-state index contributed by atoms with van der Waals surface area (Å²) in [7, 11) is 0. The van der Waals surface area contributed by atoms with E-state index in [1.54, 1.807) is 6.07 Å². The van der Waals surface area contributed by atoms with Gasteiger partial charge in [0.15, 0.2) is 5.41 Å². The fourth-order valence-corrected chi connectivity index (χ4v) is 4.45. The Morgan fingerprint density at radius 3 is 2.58 bits per heavy atom. The summed E-state index contributed by atoms with van der Waals surface area (Å²) in [6.07, 6.45) is 1.56. The fourth-order valence-electron chi connectivity index (χ4n) is 4.45. The Balaban J connectivity index is 1.88. The third-order valence-electron chi connectivity index (χ3n) is 5.75. The van der Waals surface area contributed by atoms with Crippen molar-refractivity contribution in [2.75, 3.05) is 11.4 Å². The lowest BCUT2D eigenvalue weighted by Crippen LogP contribution is -2.72. The van der Waals surface area contributed by atoms with E-state index in [4.69, 9.17) is 0 Å². The number of anilines is 1. The van der Waals surface area contributed by atoms with Crippen LogP contribution in [0.3, 0.4) is 0 Å². The molecule has 4 rings (SSSR count). The summed E-state index contributed by atoms with van der Waals surface area (Å²) in [5.74, 6) is -0.939. The lowest BCUT2D eigenvalue weighted by molar-refractivity contribution is -0.384. The van der Waals surface area contributed by atoms with Crippen molar-refractivity contribution in [2.45, 2.75) is 32.2 Å². The third kappa shape index (κ3) is 2.19. The summed E-state index contributed by atoms with van der Waals surface area (Å²) in [6, 6.07) is 3.32. The number of nitrogens with zero attached hydrogens (tertiary/aromatic N) is 2. The van der Waals surface area contributed by atoms with Crippen molar-refractivity contribution in [3.8, 4) is 0 Å². The van der Waals surface area contributed by atoms with Gasteiger partial charge >= 0.3 is 6.03 Å². The summed E-state index contributed by atoms with van der Waals surface area (Å²) in [6.45, 7) is 2.72. The number of hydrogen-bond donors (Lipinski definition) is 2. The first-order valence-corrected chi connectivity index (χ1v) is 8.54. The second-order valence-electron chi connectivity index (χ2n) is 7.29. The van der Waals surface area contributed by atoms with Crippen molar-refractivity contribution >= 4 is 29.2 Å². The van der Waals surface area contributed by atoms with Crippen LogP contribution in [0.1, 0.15) is 25.3 Å². The number of non-ortho nitro benzene ring substituents is 1. The molecule has 0 saturated carbocycles. The summed E-state index contributed by atoms with van der Waals surface area (Å²) < 4.78 is 0. The van der Waals surface area contributed by atoms with E-state index in [0.29, 0.717) is 24.4 Å². The number of benzene rings is 1. The molecule has 3 aliphatic rings. The first kappa shape index (κ1) is 16.5. The molecule has 1 aromatic rings. The SMILES string of the molecule is C[C@H]1CCN2c3ccc([N+](=O)[O-])cc3CC3(C(=O)NC(=O)NC3=O)[C@@H]2C1. The minimum atomic E-state index is -1.47. The third-order valence-corrected chi connectivity index (χ3v) is 5.75. The molecule has 0 aromatic heterocycles. The minimum Gasteiger partial charge on any atom is -0.367 e. The monoisotopic (exact) mass is 358 g/mol. The van der Waals surface area contributed by atoms with Crippen LogP contribution < -0.4 is 15.5 Å². The van der Waals surface area contributed by atoms with Crippen LogP contribution in [0.15, 0.2) is 18.2 Å². The standard InChI is InChI=1S/C17H18N4O5/c1-9-4-5-20-12-3-2-11(21(25)26)7-10(12)8-17(13(20)6-9)14(22)18-16(24)19-15(17)23/h2-3,7,9,13H,4-6,8H2,1H3,(H2,18,19,22,23,24)/t9-,13-/m0/s1. The number of piperidine rings is 1. The first-order valence-electron chi connectivity index (χ1n) is 8.54. The Morgan fingerprint density at radius 2 is 1.92 bits per heavy atom. The minimum absolute atomic E-state index is 0.0306. The van der Waals surface area contributed by atoms with E-state index < -0.39 is 34.2 Å². The van der Waals surface area contributed by atoms with Crippen molar-refractivity contribution in [1.29, 1.82) is 0 Å². The number of carbonyl (C=O) groups excluding carboxylic acids is 3.